The first-order valence-electron chi connectivity index (χ1n) is 26.4. The summed E-state index contributed by atoms with van der Waals surface area (Å²) < 4.78 is 13.3. The minimum Gasteiger partial charge on any atom is -0.458 e. The van der Waals surface area contributed by atoms with Gasteiger partial charge in [0, 0.05) is 96.3 Å². The highest BCUT2D eigenvalue weighted by Gasteiger charge is 2.68. The number of carbonyl (C=O) groups is 4. The number of hydrogen-bond acceptors (Lipinski definition) is 12. The van der Waals surface area contributed by atoms with E-state index in [0.717, 1.165) is 115 Å². The van der Waals surface area contributed by atoms with E-state index in [1.807, 2.05) is 0 Å². The van der Waals surface area contributed by atoms with Crippen LogP contribution in [0.2, 0.25) is 0 Å². The topological polar surface area (TPSA) is 154 Å². The van der Waals surface area contributed by atoms with E-state index in [2.05, 4.69) is 66.0 Å². The van der Waals surface area contributed by atoms with Crippen LogP contribution in [0.5, 0.6) is 0 Å². The highest BCUT2D eigenvalue weighted by molar-refractivity contribution is 5.95. The second-order valence-corrected chi connectivity index (χ2v) is 25.1. The highest BCUT2D eigenvalue weighted by Crippen LogP contribution is 2.70. The standard InChI is InChI=1S/C54H80N4O8/c1-49(2)39-13-9-33-35-11-15-43(59)51(35,5)23-19-37(33)53(39,7)45(27-41(49)57-65-31-21-25-55-29-31)63-47(61)17-18-48(62)64-46-28-42(58-66-32-22-26-56-30-32)50(3,4)40-14-10-34-36-12-16-44(60)52(36,6)24-20-38(34)54(40,46)8/h17-18,31-40,45-46,55-56H,9-16,19-30H2,1-8H3/b18-17+,57-41+,58-42+/t31-,32-,33+,34+,35+,36+,37-,38-,39?,40?,45?,46?,51+,52+,53-,54-/m1/s1. The second kappa shape index (κ2) is 16.8. The largest absolute Gasteiger partial charge is 0.458 e. The van der Waals surface area contributed by atoms with Gasteiger partial charge >= 0.3 is 11.9 Å². The lowest BCUT2D eigenvalue weighted by molar-refractivity contribution is -0.191. The van der Waals surface area contributed by atoms with Crippen molar-refractivity contribution in [1.82, 2.24) is 10.6 Å². The van der Waals surface area contributed by atoms with Gasteiger partial charge in [-0.1, -0.05) is 65.7 Å². The van der Waals surface area contributed by atoms with Gasteiger partial charge in [0.25, 0.3) is 0 Å². The van der Waals surface area contributed by atoms with Gasteiger partial charge in [0.2, 0.25) is 0 Å². The molecule has 10 rings (SSSR count). The van der Waals surface area contributed by atoms with Crippen LogP contribution in [0.1, 0.15) is 158 Å². The number of ether oxygens (including phenoxy) is 2. The van der Waals surface area contributed by atoms with Crippen LogP contribution in [0.25, 0.3) is 0 Å². The normalized spacial score (nSPS) is 47.9. The van der Waals surface area contributed by atoms with Crippen molar-refractivity contribution in [2.24, 2.45) is 90.1 Å². The number of rotatable bonds is 8. The molecule has 0 aromatic heterocycles. The zero-order valence-corrected chi connectivity index (χ0v) is 41.4. The van der Waals surface area contributed by atoms with Gasteiger partial charge < -0.3 is 29.8 Å². The predicted octanol–water partition coefficient (Wildman–Crippen LogP) is 8.55. The molecule has 2 heterocycles. The van der Waals surface area contributed by atoms with Crippen LogP contribution in [-0.4, -0.2) is 85.5 Å². The molecule has 12 nitrogen and oxygen atoms in total. The summed E-state index contributed by atoms with van der Waals surface area (Å²) >= 11 is 0. The van der Waals surface area contributed by atoms with E-state index in [9.17, 15) is 19.2 Å². The second-order valence-electron chi connectivity index (χ2n) is 25.1. The van der Waals surface area contributed by atoms with Crippen molar-refractivity contribution in [1.29, 1.82) is 0 Å². The van der Waals surface area contributed by atoms with Gasteiger partial charge in [-0.05, 0) is 125 Å². The molecule has 0 amide bonds. The van der Waals surface area contributed by atoms with E-state index in [1.54, 1.807) is 0 Å². The molecule has 0 spiro atoms. The van der Waals surface area contributed by atoms with E-state index >= 15 is 0 Å². The highest BCUT2D eigenvalue weighted by atomic mass is 16.6. The average molecular weight is 913 g/mol. The molecule has 12 heteroatoms. The minimum atomic E-state index is -0.555. The monoisotopic (exact) mass is 913 g/mol. The molecule has 0 radical (unpaired) electrons. The van der Waals surface area contributed by atoms with E-state index in [1.165, 1.54) is 12.2 Å². The SMILES string of the molecule is CC1(C)/C(=N/O[C@@H]2CCNC2)CC(OC(=O)/C=C/C(=O)OC2C/C(=N\O[C@@H]3CCNC3)C(C)(C)C3CC[C@@H]4[C@@H](CC[C@]5(C)C(=O)CC[C@@H]45)[C@@]23C)[C@@]2(C)C1CC[C@@H]1[C@H]2CC[C@]2(C)C(=O)CC[C@@H]12. The van der Waals surface area contributed by atoms with Crippen LogP contribution in [0, 0.1) is 79.8 Å². The fraction of sp³-hybridized carbons (Fsp3) is 0.852. The smallest absolute Gasteiger partial charge is 0.331 e. The Morgan fingerprint density at radius 3 is 1.33 bits per heavy atom. The van der Waals surface area contributed by atoms with Crippen molar-refractivity contribution in [2.45, 2.75) is 183 Å². The molecule has 2 saturated heterocycles. The summed E-state index contributed by atoms with van der Waals surface area (Å²) in [4.78, 5) is 67.6. The Balaban J connectivity index is 0.912. The molecule has 16 atom stereocenters. The molecule has 8 saturated carbocycles. The van der Waals surface area contributed by atoms with E-state index in [0.29, 0.717) is 72.8 Å². The summed E-state index contributed by atoms with van der Waals surface area (Å²) in [7, 11) is 0. The van der Waals surface area contributed by atoms with E-state index in [-0.39, 0.29) is 56.5 Å². The number of ketones is 2. The van der Waals surface area contributed by atoms with Gasteiger partial charge in [0.1, 0.15) is 36.0 Å². The zero-order chi connectivity index (χ0) is 46.6. The van der Waals surface area contributed by atoms with Crippen LogP contribution in [0.3, 0.4) is 0 Å². The lowest BCUT2D eigenvalue weighted by Gasteiger charge is -2.64. The van der Waals surface area contributed by atoms with Gasteiger partial charge in [-0.15, -0.1) is 0 Å². The van der Waals surface area contributed by atoms with Gasteiger partial charge in [-0.3, -0.25) is 9.59 Å². The Kier molecular flexibility index (Phi) is 11.9. The van der Waals surface area contributed by atoms with Crippen molar-refractivity contribution in [3.8, 4) is 0 Å². The number of hydrogen-bond donors (Lipinski definition) is 2. The molecule has 364 valence electrons. The van der Waals surface area contributed by atoms with Crippen molar-refractivity contribution < 1.29 is 38.3 Å². The number of fused-ring (bicyclic) bond motifs is 10. The number of esters is 2. The first-order valence-corrected chi connectivity index (χ1v) is 26.4. The molecular formula is C54H80N4O8. The molecule has 0 aromatic carbocycles. The fourth-order valence-electron chi connectivity index (χ4n) is 18.1. The van der Waals surface area contributed by atoms with Crippen molar-refractivity contribution in [3.05, 3.63) is 12.2 Å². The molecule has 8 aliphatic carbocycles. The third-order valence-electron chi connectivity index (χ3n) is 21.9. The van der Waals surface area contributed by atoms with Crippen molar-refractivity contribution in [2.75, 3.05) is 26.2 Å². The number of oxime groups is 2. The van der Waals surface area contributed by atoms with Gasteiger partial charge in [-0.25, -0.2) is 9.59 Å². The molecule has 0 aromatic rings. The Bertz CT molecular complexity index is 1910. The Labute approximate surface area is 393 Å². The summed E-state index contributed by atoms with van der Waals surface area (Å²) in [6.45, 7) is 21.7. The molecule has 2 N–H and O–H groups in total. The summed E-state index contributed by atoms with van der Waals surface area (Å²) in [5, 5.41) is 16.5. The molecule has 2 aliphatic heterocycles. The maximum atomic E-state index is 14.3. The number of nitrogens with one attached hydrogen (secondary N) is 2. The van der Waals surface area contributed by atoms with Crippen molar-refractivity contribution in [3.63, 3.8) is 0 Å². The van der Waals surface area contributed by atoms with Crippen LogP contribution in [-0.2, 0) is 38.3 Å². The number of nitrogens with zero attached hydrogens (tertiary/aromatic N) is 2. The van der Waals surface area contributed by atoms with Crippen LogP contribution in [0.4, 0.5) is 0 Å². The summed E-state index contributed by atoms with van der Waals surface area (Å²) in [6.07, 6.45) is 15.3. The molecular weight excluding hydrogens is 833 g/mol. The van der Waals surface area contributed by atoms with Crippen LogP contribution in [0.15, 0.2) is 22.5 Å². The molecule has 10 aliphatic rings. The van der Waals surface area contributed by atoms with Gasteiger partial charge in [-0.2, -0.15) is 0 Å². The quantitative estimate of drug-likeness (QED) is 0.138. The summed E-state index contributed by atoms with van der Waals surface area (Å²) in [5.74, 6) is 2.18. The molecule has 4 unspecified atom stereocenters. The predicted molar refractivity (Wildman–Crippen MR) is 251 cm³/mol. The van der Waals surface area contributed by atoms with E-state index < -0.39 is 24.1 Å². The van der Waals surface area contributed by atoms with E-state index in [4.69, 9.17) is 29.5 Å². The first-order chi connectivity index (χ1) is 31.3. The number of Topliss-reactive ketones (excluding diaryl/α,β-unsaturated/α-hetero) is 2. The average Bonchev–Trinajstić information content (AvgIpc) is 4.10. The Morgan fingerprint density at radius 2 is 0.955 bits per heavy atom. The lowest BCUT2D eigenvalue weighted by Crippen LogP contribution is -2.64. The first kappa shape index (κ1) is 46.6. The lowest BCUT2D eigenvalue weighted by atomic mass is 9.40. The zero-order valence-electron chi connectivity index (χ0n) is 41.4. The fourth-order valence-corrected chi connectivity index (χ4v) is 18.1. The molecule has 0 bridgehead atoms. The Morgan fingerprint density at radius 1 is 0.545 bits per heavy atom. The Hall–Kier alpha value is -3.12. The third-order valence-corrected chi connectivity index (χ3v) is 21.9. The minimum absolute atomic E-state index is 0.0141. The summed E-state index contributed by atoms with van der Waals surface area (Å²) in [5.41, 5.74) is 0.0430. The van der Waals surface area contributed by atoms with Gasteiger partial charge in [0.15, 0.2) is 0 Å². The van der Waals surface area contributed by atoms with Crippen molar-refractivity contribution >= 4 is 34.9 Å². The maximum absolute atomic E-state index is 14.3. The number of carbonyl (C=O) groups excluding carboxylic acids is 4. The summed E-state index contributed by atoms with van der Waals surface area (Å²) in [6, 6.07) is 0. The maximum Gasteiger partial charge on any atom is 0.331 e. The molecule has 10 fully saturated rings. The van der Waals surface area contributed by atoms with Gasteiger partial charge in [0.05, 0.1) is 11.4 Å². The van der Waals surface area contributed by atoms with Crippen LogP contribution >= 0.6 is 0 Å². The molecule has 66 heavy (non-hydrogen) atoms. The third kappa shape index (κ3) is 7.22. The van der Waals surface area contributed by atoms with Crippen LogP contribution < -0.4 is 10.6 Å².